The lowest BCUT2D eigenvalue weighted by Gasteiger charge is -2.16. The van der Waals surface area contributed by atoms with E-state index in [0.717, 1.165) is 4.31 Å². The van der Waals surface area contributed by atoms with E-state index in [4.69, 9.17) is 0 Å². The Kier molecular flexibility index (Phi) is 6.40. The monoisotopic (exact) mass is 435 g/mol. The second kappa shape index (κ2) is 8.64. The molecule has 1 fully saturated rings. The molecule has 154 valence electrons. The Morgan fingerprint density at radius 3 is 2.66 bits per heavy atom. The van der Waals surface area contributed by atoms with Gasteiger partial charge in [-0.2, -0.15) is 0 Å². The fourth-order valence-electron chi connectivity index (χ4n) is 2.86. The molecule has 0 saturated carbocycles. The van der Waals surface area contributed by atoms with Gasteiger partial charge in [0.1, 0.15) is 5.82 Å². The largest absolute Gasteiger partial charge is 0.290 e. The molecule has 0 spiro atoms. The number of amides is 1. The van der Waals surface area contributed by atoms with Crippen molar-refractivity contribution in [2.45, 2.75) is 23.5 Å². The molecule has 3 rings (SSSR count). The summed E-state index contributed by atoms with van der Waals surface area (Å²) in [6, 6.07) is 12.3. The van der Waals surface area contributed by atoms with E-state index in [-0.39, 0.29) is 28.3 Å². The Labute approximate surface area is 174 Å². The number of hydrogen-bond donors (Lipinski definition) is 0. The number of rotatable bonds is 5. The third-order valence-corrected chi connectivity index (χ3v) is 7.23. The molecule has 29 heavy (non-hydrogen) atoms. The van der Waals surface area contributed by atoms with E-state index in [1.54, 1.807) is 29.2 Å². The Balaban J connectivity index is 1.87. The number of carbonyl (C=O) groups is 1. The van der Waals surface area contributed by atoms with Gasteiger partial charge < -0.3 is 0 Å². The zero-order chi connectivity index (χ0) is 21.2. The van der Waals surface area contributed by atoms with E-state index in [0.29, 0.717) is 23.0 Å². The van der Waals surface area contributed by atoms with Crippen LogP contribution in [0, 0.1) is 5.82 Å². The van der Waals surface area contributed by atoms with Crippen LogP contribution in [0.1, 0.15) is 12.5 Å². The number of nitrogens with zero attached hydrogens (tertiary/aromatic N) is 3. The number of thioether (sulfide) groups is 1. The van der Waals surface area contributed by atoms with Gasteiger partial charge in [-0.1, -0.05) is 36.9 Å². The van der Waals surface area contributed by atoms with Gasteiger partial charge in [-0.15, -0.1) is 0 Å². The maximum atomic E-state index is 13.4. The van der Waals surface area contributed by atoms with Gasteiger partial charge in [0, 0.05) is 25.9 Å². The van der Waals surface area contributed by atoms with Gasteiger partial charge in [0.25, 0.3) is 0 Å². The second-order valence-corrected chi connectivity index (χ2v) is 10.5. The summed E-state index contributed by atoms with van der Waals surface area (Å²) in [5.41, 5.74) is 1.05. The Bertz CT molecular complexity index is 1050. The molecule has 1 heterocycles. The molecular weight excluding hydrogens is 413 g/mol. The highest BCUT2D eigenvalue weighted by Crippen LogP contribution is 2.30. The maximum absolute atomic E-state index is 13.4. The number of benzene rings is 2. The third-order valence-electron chi connectivity index (χ3n) is 4.34. The highest BCUT2D eigenvalue weighted by Gasteiger charge is 2.31. The van der Waals surface area contributed by atoms with Crippen LogP contribution >= 0.6 is 11.8 Å². The second-order valence-electron chi connectivity index (χ2n) is 6.92. The lowest BCUT2D eigenvalue weighted by molar-refractivity contribution is -0.126. The van der Waals surface area contributed by atoms with E-state index in [1.165, 1.54) is 50.1 Å². The van der Waals surface area contributed by atoms with Gasteiger partial charge in [-0.3, -0.25) is 9.69 Å². The number of amidine groups is 1. The first-order valence-electron chi connectivity index (χ1n) is 8.99. The lowest BCUT2D eigenvalue weighted by Crippen LogP contribution is -2.33. The molecule has 1 saturated heterocycles. The van der Waals surface area contributed by atoms with Gasteiger partial charge >= 0.3 is 0 Å². The molecule has 6 nitrogen and oxygen atoms in total. The van der Waals surface area contributed by atoms with Crippen molar-refractivity contribution in [3.8, 4) is 0 Å². The highest BCUT2D eigenvalue weighted by atomic mass is 32.2. The number of sulfonamides is 1. The summed E-state index contributed by atoms with van der Waals surface area (Å²) in [4.78, 5) is 19.0. The maximum Gasteiger partial charge on any atom is 0.242 e. The van der Waals surface area contributed by atoms with Crippen molar-refractivity contribution in [1.82, 2.24) is 9.21 Å². The van der Waals surface area contributed by atoms with Gasteiger partial charge in [0.05, 0.1) is 17.0 Å². The summed E-state index contributed by atoms with van der Waals surface area (Å²) in [5.74, 6) is -0.560. The van der Waals surface area contributed by atoms with Crippen LogP contribution < -0.4 is 0 Å². The molecule has 1 aliphatic heterocycles. The minimum absolute atomic E-state index is 0.0686. The zero-order valence-electron chi connectivity index (χ0n) is 16.4. The van der Waals surface area contributed by atoms with Crippen LogP contribution in [-0.2, 0) is 21.2 Å². The first-order chi connectivity index (χ1) is 13.7. The Morgan fingerprint density at radius 1 is 1.24 bits per heavy atom. The predicted molar refractivity (Wildman–Crippen MR) is 113 cm³/mol. The molecule has 9 heteroatoms. The van der Waals surface area contributed by atoms with Crippen molar-refractivity contribution in [3.63, 3.8) is 0 Å². The summed E-state index contributed by atoms with van der Waals surface area (Å²) in [5, 5.41) is 0.664. The van der Waals surface area contributed by atoms with Crippen LogP contribution in [0.3, 0.4) is 0 Å². The predicted octanol–water partition coefficient (Wildman–Crippen LogP) is 3.27. The number of aliphatic imine (C=N–C) groups is 1. The third kappa shape index (κ3) is 5.04. The summed E-state index contributed by atoms with van der Waals surface area (Å²) >= 11 is 1.45. The zero-order valence-corrected chi connectivity index (χ0v) is 18.0. The topological polar surface area (TPSA) is 70.0 Å². The van der Waals surface area contributed by atoms with Crippen molar-refractivity contribution < 1.29 is 17.6 Å². The van der Waals surface area contributed by atoms with Crippen LogP contribution in [0.4, 0.5) is 10.1 Å². The lowest BCUT2D eigenvalue weighted by atomic mass is 10.1. The Hall–Kier alpha value is -2.23. The summed E-state index contributed by atoms with van der Waals surface area (Å²) in [6.07, 6.45) is 0.0686. The summed E-state index contributed by atoms with van der Waals surface area (Å²) in [6.45, 7) is 2.48. The van der Waals surface area contributed by atoms with E-state index < -0.39 is 10.0 Å². The van der Waals surface area contributed by atoms with Gasteiger partial charge in [-0.25, -0.2) is 22.1 Å². The van der Waals surface area contributed by atoms with E-state index in [1.807, 2.05) is 6.92 Å². The van der Waals surface area contributed by atoms with Crippen molar-refractivity contribution in [2.24, 2.45) is 4.99 Å². The molecule has 2 aromatic rings. The molecule has 1 amide bonds. The van der Waals surface area contributed by atoms with Crippen molar-refractivity contribution in [3.05, 3.63) is 59.9 Å². The Morgan fingerprint density at radius 2 is 1.97 bits per heavy atom. The first kappa shape index (κ1) is 21.5. The van der Waals surface area contributed by atoms with Crippen molar-refractivity contribution >= 4 is 38.5 Å². The highest BCUT2D eigenvalue weighted by molar-refractivity contribution is 8.14. The normalized spacial score (nSPS) is 18.6. The van der Waals surface area contributed by atoms with Crippen LogP contribution in [-0.4, -0.2) is 54.6 Å². The fourth-order valence-corrected chi connectivity index (χ4v) is 4.85. The number of hydrogen-bond acceptors (Lipinski definition) is 5. The van der Waals surface area contributed by atoms with Gasteiger partial charge in [-0.05, 0) is 35.9 Å². The SMILES string of the molecule is CC1CN(C(=O)Cc2cccc(F)c2)C(=Nc2cccc(S(=O)(=O)N(C)C)c2)S1. The molecule has 0 bridgehead atoms. The molecule has 1 unspecified atom stereocenters. The van der Waals surface area contributed by atoms with E-state index in [9.17, 15) is 17.6 Å². The fraction of sp³-hybridized carbons (Fsp3) is 0.300. The van der Waals surface area contributed by atoms with E-state index >= 15 is 0 Å². The molecule has 1 atom stereocenters. The molecular formula is C20H22FN3O3S2. The quantitative estimate of drug-likeness (QED) is 0.723. The molecule has 2 aromatic carbocycles. The smallest absolute Gasteiger partial charge is 0.242 e. The standard InChI is InChI=1S/C20H22FN3O3S2/c1-14-13-24(19(25)11-15-6-4-7-16(21)10-15)20(28-14)22-17-8-5-9-18(12-17)29(26,27)23(2)3/h4-10,12,14H,11,13H2,1-3H3. The molecule has 0 aliphatic carbocycles. The minimum Gasteiger partial charge on any atom is -0.290 e. The minimum atomic E-state index is -3.58. The van der Waals surface area contributed by atoms with E-state index in [2.05, 4.69) is 4.99 Å². The van der Waals surface area contributed by atoms with Crippen LogP contribution in [0.5, 0.6) is 0 Å². The summed E-state index contributed by atoms with van der Waals surface area (Å²) in [7, 11) is -0.642. The number of carbonyl (C=O) groups excluding carboxylic acids is 1. The molecule has 0 aromatic heterocycles. The number of halogens is 1. The average Bonchev–Trinajstić information content (AvgIpc) is 3.02. The molecule has 0 radical (unpaired) electrons. The average molecular weight is 436 g/mol. The summed E-state index contributed by atoms with van der Waals surface area (Å²) < 4.78 is 39.3. The van der Waals surface area contributed by atoms with Crippen molar-refractivity contribution in [1.29, 1.82) is 0 Å². The van der Waals surface area contributed by atoms with Crippen LogP contribution in [0.2, 0.25) is 0 Å². The van der Waals surface area contributed by atoms with Crippen molar-refractivity contribution in [2.75, 3.05) is 20.6 Å². The first-order valence-corrected chi connectivity index (χ1v) is 11.3. The van der Waals surface area contributed by atoms with Gasteiger partial charge in [0.2, 0.25) is 15.9 Å². The molecule has 1 aliphatic rings. The van der Waals surface area contributed by atoms with Crippen LogP contribution in [0.15, 0.2) is 58.4 Å². The van der Waals surface area contributed by atoms with Crippen LogP contribution in [0.25, 0.3) is 0 Å². The molecule has 0 N–H and O–H groups in total. The van der Waals surface area contributed by atoms with Gasteiger partial charge in [0.15, 0.2) is 5.17 Å².